The fourth-order valence-electron chi connectivity index (χ4n) is 3.40. The van der Waals surface area contributed by atoms with Gasteiger partial charge in [-0.2, -0.15) is 0 Å². The molecule has 0 aliphatic rings. The van der Waals surface area contributed by atoms with Gasteiger partial charge in [-0.05, 0) is 48.7 Å². The molecule has 3 aromatic carbocycles. The molecule has 3 N–H and O–H groups in total. The van der Waals surface area contributed by atoms with Crippen LogP contribution < -0.4 is 10.6 Å². The summed E-state index contributed by atoms with van der Waals surface area (Å²) in [6, 6.07) is 25.5. The maximum atomic E-state index is 12.8. The molecule has 0 fully saturated rings. The maximum absolute atomic E-state index is 12.8. The zero-order valence-electron chi connectivity index (χ0n) is 16.9. The molecule has 1 aromatic heterocycles. The lowest BCUT2D eigenvalue weighted by molar-refractivity contribution is 0.0976. The molecular weight excluding hydrogens is 372 g/mol. The van der Waals surface area contributed by atoms with Crippen LogP contribution in [0.25, 0.3) is 10.9 Å². The highest BCUT2D eigenvalue weighted by atomic mass is 16.1. The number of nitrogens with one attached hydrogen (secondary N) is 3. The molecule has 0 unspecified atom stereocenters. The Hall–Kier alpha value is -3.86. The Balaban J connectivity index is 1.52. The summed E-state index contributed by atoms with van der Waals surface area (Å²) in [7, 11) is 0. The molecule has 150 valence electrons. The number of anilines is 1. The van der Waals surface area contributed by atoms with Crippen molar-refractivity contribution < 1.29 is 4.79 Å². The van der Waals surface area contributed by atoms with Gasteiger partial charge in [-0.15, -0.1) is 0 Å². The number of hydrogen-bond donors (Lipinski definition) is 3. The van der Waals surface area contributed by atoms with E-state index in [0.29, 0.717) is 18.1 Å². The summed E-state index contributed by atoms with van der Waals surface area (Å²) < 4.78 is 0. The van der Waals surface area contributed by atoms with Crippen LogP contribution in [-0.4, -0.2) is 23.4 Å². The zero-order valence-corrected chi connectivity index (χ0v) is 16.9. The third-order valence-corrected chi connectivity index (χ3v) is 4.98. The highest BCUT2D eigenvalue weighted by Gasteiger charge is 2.11. The molecule has 0 atom stereocenters. The van der Waals surface area contributed by atoms with E-state index in [1.165, 1.54) is 10.9 Å². The highest BCUT2D eigenvalue weighted by Crippen LogP contribution is 2.18. The Bertz CT molecular complexity index is 1180. The van der Waals surface area contributed by atoms with E-state index in [9.17, 15) is 4.79 Å². The van der Waals surface area contributed by atoms with E-state index in [4.69, 9.17) is 0 Å². The number of H-pyrrole nitrogens is 1. The molecule has 30 heavy (non-hydrogen) atoms. The summed E-state index contributed by atoms with van der Waals surface area (Å²) in [6.07, 6.45) is 2.79. The lowest BCUT2D eigenvalue weighted by atomic mass is 10.1. The van der Waals surface area contributed by atoms with Gasteiger partial charge in [-0.25, -0.2) is 0 Å². The highest BCUT2D eigenvalue weighted by molar-refractivity contribution is 6.10. The molecule has 0 radical (unpaired) electrons. The van der Waals surface area contributed by atoms with Crippen LogP contribution in [0.2, 0.25) is 0 Å². The number of hydrogen-bond acceptors (Lipinski definition) is 2. The van der Waals surface area contributed by atoms with Gasteiger partial charge in [-0.3, -0.25) is 15.1 Å². The molecule has 0 aliphatic heterocycles. The van der Waals surface area contributed by atoms with Crippen LogP contribution in [0.15, 0.2) is 90.1 Å². The number of benzene rings is 3. The van der Waals surface area contributed by atoms with Crippen molar-refractivity contribution in [3.05, 3.63) is 102 Å². The third-order valence-electron chi connectivity index (χ3n) is 4.98. The van der Waals surface area contributed by atoms with Crippen LogP contribution in [0.3, 0.4) is 0 Å². The second-order valence-electron chi connectivity index (χ2n) is 7.10. The molecule has 0 saturated heterocycles. The van der Waals surface area contributed by atoms with Crippen LogP contribution in [-0.2, 0) is 6.42 Å². The number of fused-ring (bicyclic) bond motifs is 1. The lowest BCUT2D eigenvalue weighted by Crippen LogP contribution is -2.36. The Morgan fingerprint density at radius 1 is 0.933 bits per heavy atom. The minimum Gasteiger partial charge on any atom is -0.361 e. The summed E-state index contributed by atoms with van der Waals surface area (Å²) in [5, 5.41) is 7.36. The van der Waals surface area contributed by atoms with Crippen LogP contribution >= 0.6 is 0 Å². The number of nitrogens with zero attached hydrogens (tertiary/aromatic N) is 1. The minimum absolute atomic E-state index is 0.178. The van der Waals surface area contributed by atoms with Gasteiger partial charge in [0.2, 0.25) is 5.96 Å². The van der Waals surface area contributed by atoms with Gasteiger partial charge in [0.25, 0.3) is 5.91 Å². The van der Waals surface area contributed by atoms with Crippen molar-refractivity contribution in [2.24, 2.45) is 4.99 Å². The Kier molecular flexibility index (Phi) is 5.90. The van der Waals surface area contributed by atoms with E-state index in [0.717, 1.165) is 23.2 Å². The topological polar surface area (TPSA) is 69.3 Å². The number of amides is 1. The van der Waals surface area contributed by atoms with E-state index >= 15 is 0 Å². The summed E-state index contributed by atoms with van der Waals surface area (Å²) in [5.74, 6) is 0.261. The van der Waals surface area contributed by atoms with E-state index in [2.05, 4.69) is 32.7 Å². The Morgan fingerprint density at radius 3 is 2.50 bits per heavy atom. The lowest BCUT2D eigenvalue weighted by Gasteiger charge is -2.13. The fourth-order valence-corrected chi connectivity index (χ4v) is 3.40. The number of aromatic amines is 1. The summed E-state index contributed by atoms with van der Waals surface area (Å²) in [5.41, 5.74) is 4.75. The molecule has 4 rings (SSSR count). The normalized spacial score (nSPS) is 11.4. The van der Waals surface area contributed by atoms with Crippen molar-refractivity contribution >= 4 is 28.5 Å². The first-order valence-electron chi connectivity index (χ1n) is 9.99. The number of carbonyl (C=O) groups excluding carboxylic acids is 1. The van der Waals surface area contributed by atoms with Gasteiger partial charge in [0, 0.05) is 34.9 Å². The van der Waals surface area contributed by atoms with Gasteiger partial charge >= 0.3 is 0 Å². The van der Waals surface area contributed by atoms with Crippen LogP contribution in [0, 0.1) is 6.92 Å². The van der Waals surface area contributed by atoms with Crippen LogP contribution in [0.1, 0.15) is 21.5 Å². The van der Waals surface area contributed by atoms with Gasteiger partial charge in [0.05, 0.1) is 0 Å². The summed E-state index contributed by atoms with van der Waals surface area (Å²) in [4.78, 5) is 20.7. The Labute approximate surface area is 175 Å². The second kappa shape index (κ2) is 9.09. The van der Waals surface area contributed by atoms with Gasteiger partial charge < -0.3 is 10.3 Å². The van der Waals surface area contributed by atoms with E-state index < -0.39 is 0 Å². The average Bonchev–Trinajstić information content (AvgIpc) is 3.18. The van der Waals surface area contributed by atoms with Gasteiger partial charge in [-0.1, -0.05) is 54.6 Å². The van der Waals surface area contributed by atoms with Gasteiger partial charge in [0.1, 0.15) is 0 Å². The molecule has 5 nitrogen and oxygen atoms in total. The molecule has 4 aromatic rings. The van der Waals surface area contributed by atoms with Crippen molar-refractivity contribution in [3.63, 3.8) is 0 Å². The van der Waals surface area contributed by atoms with Crippen LogP contribution in [0.4, 0.5) is 5.69 Å². The van der Waals surface area contributed by atoms with E-state index in [-0.39, 0.29) is 5.91 Å². The van der Waals surface area contributed by atoms with Crippen LogP contribution in [0.5, 0.6) is 0 Å². The monoisotopic (exact) mass is 396 g/mol. The first-order valence-corrected chi connectivity index (χ1v) is 9.99. The number of guanidine groups is 1. The zero-order chi connectivity index (χ0) is 20.8. The van der Waals surface area contributed by atoms with E-state index in [1.807, 2.05) is 79.9 Å². The molecule has 0 spiro atoms. The number of para-hydroxylation sites is 2. The summed E-state index contributed by atoms with van der Waals surface area (Å²) in [6.45, 7) is 2.47. The largest absolute Gasteiger partial charge is 0.361 e. The first-order chi connectivity index (χ1) is 14.7. The quantitative estimate of drug-likeness (QED) is 0.331. The molecule has 1 amide bonds. The van der Waals surface area contributed by atoms with Crippen molar-refractivity contribution in [3.8, 4) is 0 Å². The SMILES string of the molecule is Cc1ccccc1C(=O)NC(=NCCc1c[nH]c2ccccc12)Nc1ccccc1. The molecule has 5 heteroatoms. The van der Waals surface area contributed by atoms with Crippen molar-refractivity contribution in [1.29, 1.82) is 0 Å². The first kappa shape index (κ1) is 19.5. The number of rotatable bonds is 5. The molecular formula is C25H24N4O. The maximum Gasteiger partial charge on any atom is 0.258 e. The molecule has 1 heterocycles. The smallest absolute Gasteiger partial charge is 0.258 e. The number of aryl methyl sites for hydroxylation is 1. The van der Waals surface area contributed by atoms with Crippen molar-refractivity contribution in [2.75, 3.05) is 11.9 Å². The predicted molar refractivity (Wildman–Crippen MR) is 123 cm³/mol. The van der Waals surface area contributed by atoms with Gasteiger partial charge in [0.15, 0.2) is 0 Å². The average molecular weight is 396 g/mol. The second-order valence-corrected chi connectivity index (χ2v) is 7.10. The fraction of sp³-hybridized carbons (Fsp3) is 0.120. The molecule has 0 bridgehead atoms. The van der Waals surface area contributed by atoms with Crippen molar-refractivity contribution in [2.45, 2.75) is 13.3 Å². The number of aliphatic imine (C=N–C) groups is 1. The molecule has 0 saturated carbocycles. The Morgan fingerprint density at radius 2 is 1.67 bits per heavy atom. The van der Waals surface area contributed by atoms with Crippen molar-refractivity contribution in [1.82, 2.24) is 10.3 Å². The standard InChI is InChI=1S/C25H24N4O/c1-18-9-5-6-12-21(18)24(30)29-25(28-20-10-3-2-4-11-20)26-16-15-19-17-27-23-14-8-7-13-22(19)23/h2-14,17,27H,15-16H2,1H3,(H2,26,28,29,30). The predicted octanol–water partition coefficient (Wildman–Crippen LogP) is 4.92. The summed E-state index contributed by atoms with van der Waals surface area (Å²) >= 11 is 0. The number of aromatic nitrogens is 1. The third kappa shape index (κ3) is 4.58. The van der Waals surface area contributed by atoms with E-state index in [1.54, 1.807) is 0 Å². The number of carbonyl (C=O) groups is 1. The minimum atomic E-state index is -0.178. The molecule has 0 aliphatic carbocycles.